The van der Waals surface area contributed by atoms with Gasteiger partial charge in [0.05, 0.1) is 107 Å². The number of benzene rings is 3. The van der Waals surface area contributed by atoms with E-state index in [4.69, 9.17) is 37.9 Å². The molecule has 3 saturated heterocycles. The molecule has 0 bridgehead atoms. The lowest BCUT2D eigenvalue weighted by molar-refractivity contribution is -0.128. The molecule has 32 heteroatoms. The summed E-state index contributed by atoms with van der Waals surface area (Å²) in [4.78, 5) is 121. The first-order valence-electron chi connectivity index (χ1n) is 42.2. The van der Waals surface area contributed by atoms with Gasteiger partial charge in [-0.1, -0.05) is 103 Å². The van der Waals surface area contributed by atoms with E-state index in [1.807, 2.05) is 95.2 Å². The van der Waals surface area contributed by atoms with Crippen molar-refractivity contribution in [3.8, 4) is 73.8 Å². The van der Waals surface area contributed by atoms with Gasteiger partial charge in [0.25, 0.3) is 11.1 Å². The van der Waals surface area contributed by atoms with Gasteiger partial charge in [-0.05, 0) is 167 Å². The summed E-state index contributed by atoms with van der Waals surface area (Å²) in [5, 5.41) is 36.8. The molecule has 6 aliphatic heterocycles. The van der Waals surface area contributed by atoms with Crippen LogP contribution in [0.15, 0.2) is 162 Å². The molecular formula is C96H94Cl2F4N16O10. The van der Waals surface area contributed by atoms with Gasteiger partial charge in [0.1, 0.15) is 58.3 Å². The zero-order valence-electron chi connectivity index (χ0n) is 72.5. The number of phenolic OH excluding ortho intramolecular Hbond substituents is 3. The number of pyridine rings is 9. The number of hydrogen-bond acceptors (Lipinski definition) is 20. The number of anilines is 4. The third-order valence-corrected chi connectivity index (χ3v) is 25.3. The van der Waals surface area contributed by atoms with Crippen LogP contribution in [-0.4, -0.2) is 180 Å². The second-order valence-corrected chi connectivity index (χ2v) is 35.0. The Morgan fingerprint density at radius 2 is 0.836 bits per heavy atom. The molecule has 0 aliphatic carbocycles. The van der Waals surface area contributed by atoms with Crippen molar-refractivity contribution in [1.29, 1.82) is 0 Å². The van der Waals surface area contributed by atoms with Crippen LogP contribution in [0.1, 0.15) is 119 Å². The number of nitrogens with zero attached hydrogens (tertiary/aromatic N) is 15. The third-order valence-electron chi connectivity index (χ3n) is 24.7. The number of carbonyl (C=O) groups excluding carboxylic acids is 3. The summed E-state index contributed by atoms with van der Waals surface area (Å²) in [6.07, 6.45) is 9.32. The van der Waals surface area contributed by atoms with Crippen LogP contribution >= 0.6 is 23.2 Å². The fourth-order valence-corrected chi connectivity index (χ4v) is 19.6. The first-order valence-corrected chi connectivity index (χ1v) is 43.0. The maximum absolute atomic E-state index is 16.0. The molecule has 128 heavy (non-hydrogen) atoms. The predicted octanol–water partition coefficient (Wildman–Crippen LogP) is 15.8. The third kappa shape index (κ3) is 14.9. The van der Waals surface area contributed by atoms with E-state index in [2.05, 4.69) is 59.7 Å². The number of fused-ring (bicyclic) bond motifs is 15. The molecule has 3 amide bonds. The van der Waals surface area contributed by atoms with Gasteiger partial charge in [0.2, 0.25) is 23.5 Å². The van der Waals surface area contributed by atoms with Gasteiger partial charge >= 0.3 is 5.56 Å². The van der Waals surface area contributed by atoms with Gasteiger partial charge in [0.15, 0.2) is 17.1 Å². The molecule has 0 spiro atoms. The van der Waals surface area contributed by atoms with Crippen LogP contribution in [0, 0.1) is 44.0 Å². The summed E-state index contributed by atoms with van der Waals surface area (Å²) in [6, 6.07) is 20.5. The van der Waals surface area contributed by atoms with Gasteiger partial charge in [0, 0.05) is 111 Å². The highest BCUT2D eigenvalue weighted by molar-refractivity contribution is 6.34. The van der Waals surface area contributed by atoms with E-state index in [0.717, 1.165) is 22.8 Å². The summed E-state index contributed by atoms with van der Waals surface area (Å²) < 4.78 is 71.9. The molecule has 15 heterocycles. The number of ether oxygens (including phenoxy) is 1. The Hall–Kier alpha value is -13.5. The lowest BCUT2D eigenvalue weighted by Crippen LogP contribution is -2.63. The van der Waals surface area contributed by atoms with Crippen molar-refractivity contribution >= 4 is 96.8 Å². The van der Waals surface area contributed by atoms with Gasteiger partial charge in [-0.15, -0.1) is 0 Å². The molecule has 6 aliphatic rings. The Balaban J connectivity index is 0.000000141. The molecule has 3 aromatic carbocycles. The van der Waals surface area contributed by atoms with Crippen molar-refractivity contribution in [3.63, 3.8) is 0 Å². The molecule has 9 aromatic heterocycles. The van der Waals surface area contributed by atoms with Gasteiger partial charge in [-0.2, -0.15) is 0 Å². The van der Waals surface area contributed by atoms with Crippen molar-refractivity contribution in [2.24, 2.45) is 0 Å². The molecule has 12 aromatic rings. The number of amides is 3. The summed E-state index contributed by atoms with van der Waals surface area (Å²) in [5.41, 5.74) is 7.04. The van der Waals surface area contributed by atoms with Gasteiger partial charge < -0.3 is 54.8 Å². The van der Waals surface area contributed by atoms with Crippen LogP contribution in [0.2, 0.25) is 10.0 Å². The van der Waals surface area contributed by atoms with E-state index >= 15 is 13.2 Å². The van der Waals surface area contributed by atoms with Crippen LogP contribution in [0.3, 0.4) is 0 Å². The van der Waals surface area contributed by atoms with Crippen molar-refractivity contribution in [1.82, 2.24) is 58.3 Å². The molecule has 6 atom stereocenters. The van der Waals surface area contributed by atoms with E-state index < -0.39 is 40.3 Å². The number of halogens is 6. The SMILES string of the molecule is C=CC(=O)N1CC(C)N2c3c(c(=O)n(-c4c(C)ccnc4C(C)C)c4nc(-c5c(O)cccc5F)c(Cl)cc34)NCC2C1.C=CC(=O)N1CC(C)N2c3c(c(=O)n(-c4c(C)ccnc4C(C)C)c4nc(-c5c(O)cccc5F)c(Cl)cc34)OCC2C1.C=CC(=O)N1CC(C)N2c3c(c(=O)n(-c4c(C)ccnc4C(C)C)c4nc(-c5c(O)cccc5F)c(F)cc34)CC2C1. The number of aromatic hydroxyl groups is 3. The maximum Gasteiger partial charge on any atom is 0.301 e. The highest BCUT2D eigenvalue weighted by atomic mass is 35.5. The van der Waals surface area contributed by atoms with E-state index in [0.29, 0.717) is 131 Å². The molecule has 3 fully saturated rings. The van der Waals surface area contributed by atoms with Gasteiger partial charge in [-0.3, -0.25) is 57.4 Å². The monoisotopic (exact) mass is 1780 g/mol. The quantitative estimate of drug-likeness (QED) is 0.0652. The van der Waals surface area contributed by atoms with E-state index in [-0.39, 0.29) is 162 Å². The summed E-state index contributed by atoms with van der Waals surface area (Å²) in [6.45, 7) is 37.4. The smallest absolute Gasteiger partial charge is 0.301 e. The number of aromatic nitrogens is 9. The van der Waals surface area contributed by atoms with Crippen LogP contribution in [-0.2, 0) is 20.8 Å². The number of piperazine rings is 3. The fraction of sp³-hybridized carbons (Fsp3) is 0.312. The summed E-state index contributed by atoms with van der Waals surface area (Å²) in [5.74, 6) is -4.70. The Bertz CT molecular complexity index is 6550. The predicted molar refractivity (Wildman–Crippen MR) is 488 cm³/mol. The first-order chi connectivity index (χ1) is 61.1. The van der Waals surface area contributed by atoms with Crippen molar-refractivity contribution in [3.05, 3.63) is 251 Å². The highest BCUT2D eigenvalue weighted by Crippen LogP contribution is 2.50. The number of hydrogen-bond donors (Lipinski definition) is 4. The number of aryl methyl sites for hydroxylation is 3. The molecule has 4 N–H and O–H groups in total. The van der Waals surface area contributed by atoms with Crippen LogP contribution < -0.4 is 41.4 Å². The van der Waals surface area contributed by atoms with E-state index in [1.165, 1.54) is 86.5 Å². The standard InChI is InChI=1S/C32H32ClFN6O3.C32H31ClFN5O4.C32H31F2N5O3/c1-6-24(42)38-14-18(5)39-19(15-38)13-36-28-30(39)20-12-21(33)27(25-22(34)8-7-9-23(25)41)37-31(20)40(32(28)43)29-17(4)10-11-35-26(29)16(2)3;1-6-24(41)37-13-18(5)38-19(14-37)15-43-30-29(38)20-12-21(33)27(25-22(34)8-7-9-23(25)40)36-31(20)39(32(30)42)28-17(4)10-11-35-26(28)16(2)3;1-6-25(41)37-14-18(5)38-19(15-37)12-21-30(38)20-13-23(34)28(26-22(33)8-7-9-24(26)40)36-31(20)39(32(21)42)29-17(4)10-11-35-27(29)16(2)3/h6-12,16,18-19,36,41H,1,13-15H2,2-5H3;6-12,16,18-19,40H,1,13-15H2,2-5H3;6-11,13,16,18-19,40H,1,12,14-15H2,2-5H3. The zero-order valence-corrected chi connectivity index (χ0v) is 74.0. The van der Waals surface area contributed by atoms with Crippen molar-refractivity contribution in [2.45, 2.75) is 144 Å². The van der Waals surface area contributed by atoms with Gasteiger partial charge in [-0.25, -0.2) is 32.5 Å². The Labute approximate surface area is 744 Å². The second kappa shape index (κ2) is 34.4. The average Bonchev–Trinajstić information content (AvgIpc) is 1.32. The molecule has 0 saturated carbocycles. The largest absolute Gasteiger partial charge is 0.507 e. The number of nitrogens with one attached hydrogen (secondary N) is 1. The first kappa shape index (κ1) is 88.0. The minimum atomic E-state index is -0.840. The molecule has 18 rings (SSSR count). The van der Waals surface area contributed by atoms with Crippen LogP contribution in [0.25, 0.3) is 83.9 Å². The highest BCUT2D eigenvalue weighted by Gasteiger charge is 2.47. The topological polar surface area (TPSA) is 296 Å². The number of carbonyl (C=O) groups is 3. The molecule has 0 radical (unpaired) electrons. The lowest BCUT2D eigenvalue weighted by Gasteiger charge is -2.50. The van der Waals surface area contributed by atoms with Crippen LogP contribution in [0.4, 0.5) is 40.3 Å². The minimum absolute atomic E-state index is 0.00627. The zero-order chi connectivity index (χ0) is 91.5. The normalized spacial score (nSPS) is 17.9. The molecule has 6 unspecified atom stereocenters. The number of phenols is 3. The second-order valence-electron chi connectivity index (χ2n) is 34.1. The Kier molecular flexibility index (Phi) is 23.6. The van der Waals surface area contributed by atoms with Crippen molar-refractivity contribution < 1.29 is 52.0 Å². The minimum Gasteiger partial charge on any atom is -0.507 e. The number of rotatable bonds is 12. The maximum atomic E-state index is 16.0. The average molecular weight is 1780 g/mol. The van der Waals surface area contributed by atoms with Crippen molar-refractivity contribution in [2.75, 3.05) is 72.4 Å². The molecule has 660 valence electrons. The van der Waals surface area contributed by atoms with E-state index in [1.54, 1.807) is 51.5 Å². The molecular weight excluding hydrogens is 1680 g/mol. The Morgan fingerprint density at radius 1 is 0.469 bits per heavy atom. The molecule has 26 nitrogen and oxygen atoms in total. The van der Waals surface area contributed by atoms with Crippen LogP contribution in [0.5, 0.6) is 23.0 Å². The summed E-state index contributed by atoms with van der Waals surface area (Å²) >= 11 is 13.6. The fourth-order valence-electron chi connectivity index (χ4n) is 19.2. The lowest BCUT2D eigenvalue weighted by atomic mass is 9.98. The van der Waals surface area contributed by atoms with E-state index in [9.17, 15) is 48.5 Å². The summed E-state index contributed by atoms with van der Waals surface area (Å²) in [7, 11) is 0. The Morgan fingerprint density at radius 3 is 1.26 bits per heavy atom.